The zero-order valence-electron chi connectivity index (χ0n) is 22.4. The number of amides is 1. The van der Waals surface area contributed by atoms with Gasteiger partial charge in [-0.3, -0.25) is 14.9 Å². The zero-order chi connectivity index (χ0) is 28.6. The maximum Gasteiger partial charge on any atom is 0.416 e. The molecule has 1 unspecified atom stereocenters. The summed E-state index contributed by atoms with van der Waals surface area (Å²) in [4.78, 5) is 33.6. The summed E-state index contributed by atoms with van der Waals surface area (Å²) < 4.78 is 40.3. The molecule has 1 aliphatic rings. The molecule has 0 radical (unpaired) electrons. The molecule has 11 heteroatoms. The van der Waals surface area contributed by atoms with E-state index >= 15 is 0 Å². The van der Waals surface area contributed by atoms with Gasteiger partial charge in [0.2, 0.25) is 5.91 Å². The van der Waals surface area contributed by atoms with Crippen molar-refractivity contribution in [3.63, 3.8) is 0 Å². The van der Waals surface area contributed by atoms with Crippen LogP contribution < -0.4 is 5.32 Å². The second-order valence-electron chi connectivity index (χ2n) is 10.2. The van der Waals surface area contributed by atoms with Crippen molar-refractivity contribution in [2.75, 3.05) is 19.4 Å². The summed E-state index contributed by atoms with van der Waals surface area (Å²) >= 11 is 0. The molecule has 2 aromatic carbocycles. The lowest BCUT2D eigenvalue weighted by molar-refractivity contribution is -0.385. The largest absolute Gasteiger partial charge is 0.416 e. The average molecular weight is 542 g/mol. The van der Waals surface area contributed by atoms with E-state index in [0.29, 0.717) is 35.0 Å². The molecule has 2 atom stereocenters. The number of aromatic nitrogens is 2. The van der Waals surface area contributed by atoms with Gasteiger partial charge in [-0.1, -0.05) is 6.08 Å². The van der Waals surface area contributed by atoms with E-state index in [0.717, 1.165) is 41.7 Å². The number of nitrogens with one attached hydrogen (secondary N) is 1. The third-order valence-electron chi connectivity index (χ3n) is 7.01. The number of aryl methyl sites for hydroxylation is 2. The highest BCUT2D eigenvalue weighted by Crippen LogP contribution is 2.37. The number of non-ortho nitro benzene ring substituents is 1. The molecule has 1 N–H and O–H groups in total. The summed E-state index contributed by atoms with van der Waals surface area (Å²) in [7, 11) is 3.51. The number of anilines is 1. The number of alkyl halides is 3. The highest BCUT2D eigenvalue weighted by Gasteiger charge is 2.33. The summed E-state index contributed by atoms with van der Waals surface area (Å²) in [6.45, 7) is 5.29. The van der Waals surface area contributed by atoms with Crippen LogP contribution in [0.3, 0.4) is 0 Å². The van der Waals surface area contributed by atoms with Gasteiger partial charge in [-0.25, -0.2) is 9.97 Å². The predicted molar refractivity (Wildman–Crippen MR) is 143 cm³/mol. The fourth-order valence-electron chi connectivity index (χ4n) is 4.94. The van der Waals surface area contributed by atoms with Gasteiger partial charge in [0.1, 0.15) is 11.6 Å². The van der Waals surface area contributed by atoms with Crippen LogP contribution in [0.15, 0.2) is 36.4 Å². The summed E-state index contributed by atoms with van der Waals surface area (Å²) in [5.74, 6) is 0.960. The minimum atomic E-state index is -4.73. The van der Waals surface area contributed by atoms with Crippen molar-refractivity contribution >= 4 is 33.9 Å². The number of nitro benzene ring substituents is 1. The predicted octanol–water partition coefficient (Wildman–Crippen LogP) is 6.62. The molecule has 0 aliphatic heterocycles. The fourth-order valence-corrected chi connectivity index (χ4v) is 4.94. The van der Waals surface area contributed by atoms with Crippen molar-refractivity contribution in [2.45, 2.75) is 52.3 Å². The highest BCUT2D eigenvalue weighted by atomic mass is 19.4. The molecular formula is C28H30F3N5O3. The van der Waals surface area contributed by atoms with Gasteiger partial charge in [0.25, 0.3) is 5.69 Å². The van der Waals surface area contributed by atoms with Crippen molar-refractivity contribution in [3.8, 4) is 0 Å². The van der Waals surface area contributed by atoms with Crippen molar-refractivity contribution in [1.82, 2.24) is 14.9 Å². The molecule has 0 saturated heterocycles. The molecule has 3 aromatic rings. The number of allylic oxidation sites excluding steroid dienone is 2. The molecule has 1 aromatic heterocycles. The lowest BCUT2D eigenvalue weighted by Crippen LogP contribution is -2.30. The fraction of sp³-hybridized carbons (Fsp3) is 0.393. The normalized spacial score (nSPS) is 16.5. The zero-order valence-corrected chi connectivity index (χ0v) is 22.4. The standard InChI is InChI=1S/C28H30F3N5O3/c1-15-10-21(18-6-8-19(9-7-18)27(37)35(4)5)13-24-25(15)33-17(3)34-26(24)32-16(2)20-11-22(28(29,30)31)14-23(12-20)36(38)39/h6,10-14,16,19H,7-9H2,1-5H3,(H,32,33,34)/t16-,19?/m1/s1. The number of rotatable bonds is 6. The van der Waals surface area contributed by atoms with E-state index in [1.54, 1.807) is 32.8 Å². The van der Waals surface area contributed by atoms with Gasteiger partial charge in [0, 0.05) is 37.5 Å². The number of hydrogen-bond acceptors (Lipinski definition) is 6. The molecule has 1 amide bonds. The number of benzene rings is 2. The number of nitro groups is 1. The Hall–Kier alpha value is -4.02. The van der Waals surface area contributed by atoms with E-state index in [4.69, 9.17) is 0 Å². The van der Waals surface area contributed by atoms with E-state index in [1.807, 2.05) is 19.1 Å². The van der Waals surface area contributed by atoms with Crippen molar-refractivity contribution in [3.05, 3.63) is 74.6 Å². The number of carbonyl (C=O) groups is 1. The lowest BCUT2D eigenvalue weighted by atomic mass is 9.85. The van der Waals surface area contributed by atoms with Gasteiger partial charge in [0.05, 0.1) is 22.0 Å². The topological polar surface area (TPSA) is 101 Å². The Kier molecular flexibility index (Phi) is 7.63. The van der Waals surface area contributed by atoms with Gasteiger partial charge in [0.15, 0.2) is 0 Å². The first-order valence-corrected chi connectivity index (χ1v) is 12.6. The van der Waals surface area contributed by atoms with Gasteiger partial charge < -0.3 is 10.2 Å². The Balaban J connectivity index is 1.72. The van der Waals surface area contributed by atoms with E-state index in [-0.39, 0.29) is 17.4 Å². The molecule has 0 saturated carbocycles. The maximum atomic E-state index is 13.4. The van der Waals surface area contributed by atoms with Gasteiger partial charge >= 0.3 is 6.18 Å². The Bertz CT molecular complexity index is 1480. The van der Waals surface area contributed by atoms with Crippen LogP contribution in [-0.4, -0.2) is 39.8 Å². The quantitative estimate of drug-likeness (QED) is 0.278. The second-order valence-corrected chi connectivity index (χ2v) is 10.2. The summed E-state index contributed by atoms with van der Waals surface area (Å²) in [6, 6.07) is 5.85. The molecular weight excluding hydrogens is 511 g/mol. The van der Waals surface area contributed by atoms with Crippen molar-refractivity contribution in [2.24, 2.45) is 5.92 Å². The van der Waals surface area contributed by atoms with E-state index in [1.165, 1.54) is 0 Å². The minimum Gasteiger partial charge on any atom is -0.363 e. The molecule has 8 nitrogen and oxygen atoms in total. The van der Waals surface area contributed by atoms with Crippen LogP contribution in [0, 0.1) is 29.9 Å². The summed E-state index contributed by atoms with van der Waals surface area (Å²) in [5, 5.41) is 15.2. The average Bonchev–Trinajstić information content (AvgIpc) is 2.87. The molecule has 4 rings (SSSR count). The minimum absolute atomic E-state index is 0.0501. The molecule has 206 valence electrons. The monoisotopic (exact) mass is 541 g/mol. The van der Waals surface area contributed by atoms with Gasteiger partial charge in [-0.2, -0.15) is 13.2 Å². The van der Waals surface area contributed by atoms with Crippen LogP contribution in [0.4, 0.5) is 24.7 Å². The Morgan fingerprint density at radius 1 is 1.15 bits per heavy atom. The van der Waals surface area contributed by atoms with Crippen LogP contribution >= 0.6 is 0 Å². The first-order valence-electron chi connectivity index (χ1n) is 12.6. The molecule has 1 aliphatic carbocycles. The first kappa shape index (κ1) is 28.0. The van der Waals surface area contributed by atoms with Gasteiger partial charge in [-0.15, -0.1) is 0 Å². The molecule has 39 heavy (non-hydrogen) atoms. The number of halogens is 3. The summed E-state index contributed by atoms with van der Waals surface area (Å²) in [5.41, 5.74) is 2.08. The first-order chi connectivity index (χ1) is 18.2. The Labute approximate surface area is 224 Å². The SMILES string of the molecule is Cc1nc(N[C@H](C)c2cc([N+](=O)[O-])cc(C(F)(F)F)c2)c2cc(C3=CCC(C(=O)N(C)C)CC3)cc(C)c2n1. The van der Waals surface area contributed by atoms with E-state index in [2.05, 4.69) is 21.4 Å². The number of carbonyl (C=O) groups excluding carboxylic acids is 1. The molecule has 1 heterocycles. The summed E-state index contributed by atoms with van der Waals surface area (Å²) in [6.07, 6.45) is -0.530. The highest BCUT2D eigenvalue weighted by molar-refractivity contribution is 5.94. The van der Waals surface area contributed by atoms with Crippen LogP contribution in [0.2, 0.25) is 0 Å². The van der Waals surface area contributed by atoms with Gasteiger partial charge in [-0.05, 0) is 80.5 Å². The van der Waals surface area contributed by atoms with Crippen LogP contribution in [0.25, 0.3) is 16.5 Å². The smallest absolute Gasteiger partial charge is 0.363 e. The van der Waals surface area contributed by atoms with Crippen LogP contribution in [0.1, 0.15) is 60.3 Å². The van der Waals surface area contributed by atoms with E-state index < -0.39 is 28.4 Å². The third-order valence-corrected chi connectivity index (χ3v) is 7.01. The number of hydrogen-bond donors (Lipinski definition) is 1. The molecule has 0 bridgehead atoms. The maximum absolute atomic E-state index is 13.4. The van der Waals surface area contributed by atoms with Crippen LogP contribution in [-0.2, 0) is 11.0 Å². The lowest BCUT2D eigenvalue weighted by Gasteiger charge is -2.24. The Morgan fingerprint density at radius 3 is 2.46 bits per heavy atom. The Morgan fingerprint density at radius 2 is 1.87 bits per heavy atom. The van der Waals surface area contributed by atoms with E-state index in [9.17, 15) is 28.1 Å². The van der Waals surface area contributed by atoms with Crippen molar-refractivity contribution < 1.29 is 22.9 Å². The van der Waals surface area contributed by atoms with Crippen LogP contribution in [0.5, 0.6) is 0 Å². The second kappa shape index (κ2) is 10.6. The number of fused-ring (bicyclic) bond motifs is 1. The third kappa shape index (κ3) is 6.02. The molecule has 0 spiro atoms. The molecule has 0 fully saturated rings. The van der Waals surface area contributed by atoms with Crippen molar-refractivity contribution in [1.29, 1.82) is 0 Å². The number of nitrogens with zero attached hydrogens (tertiary/aromatic N) is 4.